The molecule has 0 aromatic heterocycles. The second-order valence-corrected chi connectivity index (χ2v) is 9.65. The highest BCUT2D eigenvalue weighted by Crippen LogP contribution is 2.48. The molecule has 2 N–H and O–H groups in total. The van der Waals surface area contributed by atoms with E-state index in [1.165, 1.54) is 19.3 Å². The Kier molecular flexibility index (Phi) is 3.67. The quantitative estimate of drug-likeness (QED) is 0.815. The Labute approximate surface area is 117 Å². The van der Waals surface area contributed by atoms with Gasteiger partial charge in [-0.3, -0.25) is 0 Å². The minimum Gasteiger partial charge on any atom is -0.330 e. The van der Waals surface area contributed by atoms with Crippen molar-refractivity contribution in [3.8, 4) is 0 Å². The molecule has 3 aliphatic carbocycles. The predicted octanol–water partition coefficient (Wildman–Crippen LogP) is 2.50. The second kappa shape index (κ2) is 5.03. The third-order valence-electron chi connectivity index (χ3n) is 5.52. The van der Waals surface area contributed by atoms with E-state index in [0.717, 1.165) is 51.0 Å². The van der Waals surface area contributed by atoms with Crippen LogP contribution in [0.1, 0.15) is 57.8 Å². The highest BCUT2D eigenvalue weighted by molar-refractivity contribution is 7.92. The van der Waals surface area contributed by atoms with Crippen LogP contribution in [0.15, 0.2) is 0 Å². The zero-order chi connectivity index (χ0) is 13.5. The Morgan fingerprint density at radius 3 is 2.00 bits per heavy atom. The van der Waals surface area contributed by atoms with Crippen LogP contribution in [-0.4, -0.2) is 26.0 Å². The van der Waals surface area contributed by atoms with Gasteiger partial charge in [-0.2, -0.15) is 0 Å². The fraction of sp³-hybridized carbons (Fsp3) is 1.00. The lowest BCUT2D eigenvalue weighted by atomic mass is 9.70. The molecule has 0 saturated heterocycles. The molecule has 0 radical (unpaired) electrons. The largest absolute Gasteiger partial charge is 0.330 e. The number of hydrogen-bond donors (Lipinski definition) is 1. The summed E-state index contributed by atoms with van der Waals surface area (Å²) < 4.78 is 24.7. The van der Waals surface area contributed by atoms with Crippen molar-refractivity contribution in [2.75, 3.05) is 12.3 Å². The Hall–Kier alpha value is -0.0900. The van der Waals surface area contributed by atoms with E-state index in [-0.39, 0.29) is 10.7 Å². The fourth-order valence-electron chi connectivity index (χ4n) is 3.74. The van der Waals surface area contributed by atoms with Crippen LogP contribution < -0.4 is 5.73 Å². The summed E-state index contributed by atoms with van der Waals surface area (Å²) in [6.45, 7) is 0.749. The van der Waals surface area contributed by atoms with Crippen LogP contribution in [-0.2, 0) is 9.84 Å². The summed E-state index contributed by atoms with van der Waals surface area (Å²) >= 11 is 0. The third-order valence-corrected chi connectivity index (χ3v) is 7.94. The van der Waals surface area contributed by atoms with E-state index >= 15 is 0 Å². The van der Waals surface area contributed by atoms with Crippen LogP contribution in [0.25, 0.3) is 0 Å². The Morgan fingerprint density at radius 1 is 0.947 bits per heavy atom. The third kappa shape index (κ3) is 3.33. The van der Waals surface area contributed by atoms with Gasteiger partial charge in [0.25, 0.3) is 0 Å². The molecule has 0 aromatic rings. The molecule has 0 aromatic carbocycles. The molecule has 0 aliphatic heterocycles. The molecule has 3 fully saturated rings. The highest BCUT2D eigenvalue weighted by Gasteiger charge is 2.42. The van der Waals surface area contributed by atoms with Gasteiger partial charge in [0.2, 0.25) is 0 Å². The number of rotatable bonds is 6. The summed E-state index contributed by atoms with van der Waals surface area (Å²) in [5.74, 6) is 1.83. The van der Waals surface area contributed by atoms with E-state index in [1.807, 2.05) is 0 Å². The fourth-order valence-corrected chi connectivity index (χ4v) is 5.95. The molecule has 19 heavy (non-hydrogen) atoms. The first-order chi connectivity index (χ1) is 9.03. The summed E-state index contributed by atoms with van der Waals surface area (Å²) in [5.41, 5.74) is 6.28. The van der Waals surface area contributed by atoms with Gasteiger partial charge in [0.05, 0.1) is 11.0 Å². The standard InChI is InChI=1S/C15H27NO2S/c16-11-15(9-12-1-2-12)7-5-14(6-8-15)19(17,18)10-13-3-4-13/h12-14H,1-11,16H2. The molecule has 3 saturated carbocycles. The molecule has 0 heterocycles. The van der Waals surface area contributed by atoms with Crippen LogP contribution in [0.3, 0.4) is 0 Å². The molecule has 3 rings (SSSR count). The van der Waals surface area contributed by atoms with Crippen molar-refractivity contribution in [1.82, 2.24) is 0 Å². The van der Waals surface area contributed by atoms with Gasteiger partial charge in [-0.15, -0.1) is 0 Å². The van der Waals surface area contributed by atoms with Gasteiger partial charge in [-0.25, -0.2) is 8.42 Å². The van der Waals surface area contributed by atoms with E-state index in [4.69, 9.17) is 5.73 Å². The molecule has 3 nitrogen and oxygen atoms in total. The molecule has 0 spiro atoms. The van der Waals surface area contributed by atoms with Gasteiger partial charge >= 0.3 is 0 Å². The molecule has 0 atom stereocenters. The average molecular weight is 285 g/mol. The van der Waals surface area contributed by atoms with E-state index in [0.29, 0.717) is 11.7 Å². The summed E-state index contributed by atoms with van der Waals surface area (Å²) in [5, 5.41) is -0.0630. The minimum atomic E-state index is -2.83. The topological polar surface area (TPSA) is 60.2 Å². The highest BCUT2D eigenvalue weighted by atomic mass is 32.2. The first-order valence-electron chi connectivity index (χ1n) is 7.95. The normalized spacial score (nSPS) is 36.4. The second-order valence-electron chi connectivity index (χ2n) is 7.32. The predicted molar refractivity (Wildman–Crippen MR) is 77.6 cm³/mol. The first-order valence-corrected chi connectivity index (χ1v) is 9.66. The maximum Gasteiger partial charge on any atom is 0.153 e. The van der Waals surface area contributed by atoms with E-state index < -0.39 is 9.84 Å². The maximum atomic E-state index is 12.3. The Bertz CT molecular complexity index is 415. The maximum absolute atomic E-state index is 12.3. The van der Waals surface area contributed by atoms with E-state index in [9.17, 15) is 8.42 Å². The number of nitrogens with two attached hydrogens (primary N) is 1. The van der Waals surface area contributed by atoms with Gasteiger partial charge in [0.1, 0.15) is 0 Å². The molecule has 0 bridgehead atoms. The van der Waals surface area contributed by atoms with Crippen molar-refractivity contribution in [3.63, 3.8) is 0 Å². The lowest BCUT2D eigenvalue weighted by Gasteiger charge is -2.39. The van der Waals surface area contributed by atoms with Gasteiger partial charge in [-0.1, -0.05) is 12.8 Å². The Balaban J connectivity index is 1.57. The van der Waals surface area contributed by atoms with Crippen molar-refractivity contribution in [1.29, 1.82) is 0 Å². The van der Waals surface area contributed by atoms with Crippen molar-refractivity contribution >= 4 is 9.84 Å². The molecule has 4 heteroatoms. The molecule has 3 aliphatic rings. The number of hydrogen-bond acceptors (Lipinski definition) is 3. The minimum absolute atomic E-state index is 0.0630. The van der Waals surface area contributed by atoms with Gasteiger partial charge in [-0.05, 0) is 68.7 Å². The Morgan fingerprint density at radius 2 is 1.53 bits per heavy atom. The van der Waals surface area contributed by atoms with Crippen molar-refractivity contribution in [2.45, 2.75) is 63.0 Å². The summed E-state index contributed by atoms with van der Waals surface area (Å²) in [6, 6.07) is 0. The van der Waals surface area contributed by atoms with Gasteiger partial charge < -0.3 is 5.73 Å². The zero-order valence-electron chi connectivity index (χ0n) is 11.8. The summed E-state index contributed by atoms with van der Waals surface area (Å²) in [6.07, 6.45) is 10.0. The number of sulfone groups is 1. The molecule has 110 valence electrons. The van der Waals surface area contributed by atoms with Crippen LogP contribution in [0.5, 0.6) is 0 Å². The van der Waals surface area contributed by atoms with Crippen LogP contribution in [0.2, 0.25) is 0 Å². The van der Waals surface area contributed by atoms with Crippen LogP contribution in [0.4, 0.5) is 0 Å². The van der Waals surface area contributed by atoms with E-state index in [2.05, 4.69) is 0 Å². The summed E-state index contributed by atoms with van der Waals surface area (Å²) in [7, 11) is -2.83. The first kappa shape index (κ1) is 13.9. The van der Waals surface area contributed by atoms with Gasteiger partial charge in [0, 0.05) is 0 Å². The average Bonchev–Trinajstić information content (AvgIpc) is 3.27. The zero-order valence-corrected chi connectivity index (χ0v) is 12.6. The van der Waals surface area contributed by atoms with Crippen molar-refractivity contribution in [3.05, 3.63) is 0 Å². The SMILES string of the molecule is NCC1(CC2CC2)CCC(S(=O)(=O)CC2CC2)CC1. The molecular formula is C15H27NO2S. The van der Waals surface area contributed by atoms with Crippen molar-refractivity contribution in [2.24, 2.45) is 23.0 Å². The van der Waals surface area contributed by atoms with Crippen LogP contribution >= 0.6 is 0 Å². The smallest absolute Gasteiger partial charge is 0.153 e. The monoisotopic (exact) mass is 285 g/mol. The molecular weight excluding hydrogens is 258 g/mol. The molecule has 0 unspecified atom stereocenters. The lowest BCUT2D eigenvalue weighted by Crippen LogP contribution is -2.39. The van der Waals surface area contributed by atoms with Crippen LogP contribution in [0, 0.1) is 17.3 Å². The summed E-state index contributed by atoms with van der Waals surface area (Å²) in [4.78, 5) is 0. The molecule has 0 amide bonds. The van der Waals surface area contributed by atoms with E-state index in [1.54, 1.807) is 0 Å². The van der Waals surface area contributed by atoms with Crippen molar-refractivity contribution < 1.29 is 8.42 Å². The van der Waals surface area contributed by atoms with Gasteiger partial charge in [0.15, 0.2) is 9.84 Å². The lowest BCUT2D eigenvalue weighted by molar-refractivity contribution is 0.173.